The molecule has 1 N–H and O–H groups in total. The summed E-state index contributed by atoms with van der Waals surface area (Å²) in [5.41, 5.74) is 3.55. The Balaban J connectivity index is 1.54. The average Bonchev–Trinajstić information content (AvgIpc) is 3.12. The van der Waals surface area contributed by atoms with E-state index in [1.165, 1.54) is 5.56 Å². The van der Waals surface area contributed by atoms with Crippen molar-refractivity contribution in [2.75, 3.05) is 22.2 Å². The molecule has 156 valence electrons. The van der Waals surface area contributed by atoms with Crippen LogP contribution < -0.4 is 15.1 Å². The van der Waals surface area contributed by atoms with Gasteiger partial charge in [-0.05, 0) is 35.9 Å². The molecule has 0 radical (unpaired) electrons. The monoisotopic (exact) mass is 413 g/mol. The lowest BCUT2D eigenvalue weighted by molar-refractivity contribution is -0.121. The predicted molar refractivity (Wildman–Crippen MR) is 121 cm³/mol. The van der Waals surface area contributed by atoms with Crippen molar-refractivity contribution in [1.82, 2.24) is 0 Å². The third kappa shape index (κ3) is 4.48. The van der Waals surface area contributed by atoms with Gasteiger partial charge in [-0.25, -0.2) is 0 Å². The van der Waals surface area contributed by atoms with E-state index in [2.05, 4.69) is 22.3 Å². The molecule has 0 unspecified atom stereocenters. The quantitative estimate of drug-likeness (QED) is 0.614. The Morgan fingerprint density at radius 2 is 1.58 bits per heavy atom. The van der Waals surface area contributed by atoms with Gasteiger partial charge in [-0.2, -0.15) is 0 Å². The highest BCUT2D eigenvalue weighted by Gasteiger charge is 2.30. The van der Waals surface area contributed by atoms with Gasteiger partial charge in [-0.15, -0.1) is 0 Å². The average molecular weight is 413 g/mol. The van der Waals surface area contributed by atoms with Gasteiger partial charge in [-0.3, -0.25) is 19.3 Å². The van der Waals surface area contributed by atoms with Gasteiger partial charge in [0.15, 0.2) is 0 Å². The number of rotatable bonds is 6. The first-order chi connectivity index (χ1) is 15.0. The number of carbonyl (C=O) groups excluding carboxylic acids is 3. The van der Waals surface area contributed by atoms with Crippen LogP contribution in [0.5, 0.6) is 0 Å². The van der Waals surface area contributed by atoms with Crippen molar-refractivity contribution in [2.24, 2.45) is 0 Å². The number of benzene rings is 3. The maximum Gasteiger partial charge on any atom is 0.255 e. The van der Waals surface area contributed by atoms with Crippen LogP contribution in [0.25, 0.3) is 0 Å². The molecule has 6 heteroatoms. The number of hydrogen-bond donors (Lipinski definition) is 1. The zero-order chi connectivity index (χ0) is 21.8. The Kier molecular flexibility index (Phi) is 5.80. The first kappa shape index (κ1) is 20.3. The van der Waals surface area contributed by atoms with Crippen LogP contribution in [0.4, 0.5) is 17.1 Å². The first-order valence-electron chi connectivity index (χ1n) is 10.1. The maximum atomic E-state index is 13.0. The second kappa shape index (κ2) is 8.83. The Morgan fingerprint density at radius 1 is 0.903 bits per heavy atom. The van der Waals surface area contributed by atoms with Gasteiger partial charge in [0, 0.05) is 32.0 Å². The van der Waals surface area contributed by atoms with Crippen LogP contribution in [0.1, 0.15) is 28.8 Å². The highest BCUT2D eigenvalue weighted by Crippen LogP contribution is 2.28. The lowest BCUT2D eigenvalue weighted by Crippen LogP contribution is -2.28. The zero-order valence-corrected chi connectivity index (χ0v) is 17.2. The molecule has 31 heavy (non-hydrogen) atoms. The summed E-state index contributed by atoms with van der Waals surface area (Å²) in [6.07, 6.45) is 0.409. The van der Waals surface area contributed by atoms with Crippen LogP contribution in [-0.4, -0.2) is 24.8 Å². The smallest absolute Gasteiger partial charge is 0.255 e. The van der Waals surface area contributed by atoms with Crippen LogP contribution in [0.15, 0.2) is 78.9 Å². The van der Waals surface area contributed by atoms with E-state index >= 15 is 0 Å². The third-order valence-electron chi connectivity index (χ3n) is 5.24. The Labute approximate surface area is 181 Å². The minimum absolute atomic E-state index is 0.205. The van der Waals surface area contributed by atoms with E-state index in [1.807, 2.05) is 49.5 Å². The van der Waals surface area contributed by atoms with Crippen molar-refractivity contribution >= 4 is 34.8 Å². The molecule has 0 aliphatic carbocycles. The maximum absolute atomic E-state index is 13.0. The molecule has 0 atom stereocenters. The summed E-state index contributed by atoms with van der Waals surface area (Å²) in [6.45, 7) is 0.697. The van der Waals surface area contributed by atoms with Crippen LogP contribution in [0.3, 0.4) is 0 Å². The van der Waals surface area contributed by atoms with Gasteiger partial charge in [0.1, 0.15) is 0 Å². The highest BCUT2D eigenvalue weighted by atomic mass is 16.2. The molecule has 3 aromatic carbocycles. The summed E-state index contributed by atoms with van der Waals surface area (Å²) >= 11 is 0. The molecule has 0 saturated carbocycles. The molecule has 1 fully saturated rings. The fourth-order valence-electron chi connectivity index (χ4n) is 3.70. The minimum Gasteiger partial charge on any atom is -0.369 e. The number of amides is 3. The minimum atomic E-state index is -0.304. The van der Waals surface area contributed by atoms with Gasteiger partial charge < -0.3 is 10.2 Å². The topological polar surface area (TPSA) is 69.7 Å². The molecular formula is C25H23N3O3. The van der Waals surface area contributed by atoms with Crippen molar-refractivity contribution in [3.05, 3.63) is 90.0 Å². The second-order valence-corrected chi connectivity index (χ2v) is 7.49. The number of nitrogens with zero attached hydrogens (tertiary/aromatic N) is 2. The highest BCUT2D eigenvalue weighted by molar-refractivity contribution is 6.20. The van der Waals surface area contributed by atoms with Gasteiger partial charge in [0.05, 0.1) is 17.1 Å². The Hall–Kier alpha value is -3.93. The molecule has 3 amide bonds. The van der Waals surface area contributed by atoms with E-state index in [1.54, 1.807) is 24.3 Å². The van der Waals surface area contributed by atoms with E-state index in [-0.39, 0.29) is 30.6 Å². The van der Waals surface area contributed by atoms with E-state index in [0.717, 1.165) is 10.6 Å². The van der Waals surface area contributed by atoms with Gasteiger partial charge in [0.2, 0.25) is 11.8 Å². The number of carbonyl (C=O) groups is 3. The lowest BCUT2D eigenvalue weighted by Gasteiger charge is -2.23. The summed E-state index contributed by atoms with van der Waals surface area (Å²) in [5, 5.41) is 2.96. The summed E-state index contributed by atoms with van der Waals surface area (Å²) in [7, 11) is 1.98. The number of para-hydroxylation sites is 2. The molecule has 0 spiro atoms. The van der Waals surface area contributed by atoms with E-state index in [9.17, 15) is 14.4 Å². The van der Waals surface area contributed by atoms with Gasteiger partial charge >= 0.3 is 0 Å². The SMILES string of the molecule is CN(Cc1ccccc1)c1ccccc1NC(=O)c1cccc(N2C(=O)CCC2=O)c1. The number of nitrogens with one attached hydrogen (secondary N) is 1. The van der Waals surface area contributed by atoms with E-state index in [4.69, 9.17) is 0 Å². The predicted octanol–water partition coefficient (Wildman–Crippen LogP) is 4.23. The van der Waals surface area contributed by atoms with Crippen LogP contribution in [-0.2, 0) is 16.1 Å². The Bertz CT molecular complexity index is 1110. The summed E-state index contributed by atoms with van der Waals surface area (Å²) in [4.78, 5) is 40.2. The molecule has 0 bridgehead atoms. The molecular weight excluding hydrogens is 390 g/mol. The standard InChI is InChI=1S/C25H23N3O3/c1-27(17-18-8-3-2-4-9-18)22-13-6-5-12-21(22)26-25(31)19-10-7-11-20(16-19)28-23(29)14-15-24(28)30/h2-13,16H,14-15,17H2,1H3,(H,26,31). The fraction of sp³-hybridized carbons (Fsp3) is 0.160. The fourth-order valence-corrected chi connectivity index (χ4v) is 3.70. The third-order valence-corrected chi connectivity index (χ3v) is 5.24. The molecule has 1 aliphatic rings. The summed E-state index contributed by atoms with van der Waals surface area (Å²) < 4.78 is 0. The summed E-state index contributed by atoms with van der Waals surface area (Å²) in [5.74, 6) is -0.785. The van der Waals surface area contributed by atoms with Crippen LogP contribution in [0.2, 0.25) is 0 Å². The van der Waals surface area contributed by atoms with Crippen molar-refractivity contribution in [1.29, 1.82) is 0 Å². The van der Waals surface area contributed by atoms with Gasteiger partial charge in [0.25, 0.3) is 5.91 Å². The van der Waals surface area contributed by atoms with Crippen molar-refractivity contribution in [3.8, 4) is 0 Å². The van der Waals surface area contributed by atoms with Crippen molar-refractivity contribution < 1.29 is 14.4 Å². The number of imide groups is 1. The number of anilines is 3. The Morgan fingerprint density at radius 3 is 2.32 bits per heavy atom. The molecule has 4 rings (SSSR count). The molecule has 3 aromatic rings. The largest absolute Gasteiger partial charge is 0.369 e. The van der Waals surface area contributed by atoms with Gasteiger partial charge in [-0.1, -0.05) is 48.5 Å². The number of hydrogen-bond acceptors (Lipinski definition) is 4. The summed E-state index contributed by atoms with van der Waals surface area (Å²) in [6, 6.07) is 24.3. The van der Waals surface area contributed by atoms with Crippen LogP contribution >= 0.6 is 0 Å². The van der Waals surface area contributed by atoms with E-state index in [0.29, 0.717) is 23.5 Å². The van der Waals surface area contributed by atoms with Crippen molar-refractivity contribution in [2.45, 2.75) is 19.4 Å². The molecule has 0 aromatic heterocycles. The first-order valence-corrected chi connectivity index (χ1v) is 10.1. The van der Waals surface area contributed by atoms with E-state index < -0.39 is 0 Å². The molecule has 6 nitrogen and oxygen atoms in total. The van der Waals surface area contributed by atoms with Crippen molar-refractivity contribution in [3.63, 3.8) is 0 Å². The molecule has 1 aliphatic heterocycles. The zero-order valence-electron chi connectivity index (χ0n) is 17.2. The molecule has 1 heterocycles. The second-order valence-electron chi connectivity index (χ2n) is 7.49. The lowest BCUT2D eigenvalue weighted by atomic mass is 10.1. The molecule has 1 saturated heterocycles. The van der Waals surface area contributed by atoms with Crippen LogP contribution in [0, 0.1) is 0 Å². The normalized spacial score (nSPS) is 13.4.